The quantitative estimate of drug-likeness (QED) is 0.237. The second-order valence-electron chi connectivity index (χ2n) is 10.5. The van der Waals surface area contributed by atoms with Crippen molar-refractivity contribution in [3.63, 3.8) is 0 Å². The first-order valence-electron chi connectivity index (χ1n) is 13.5. The molecule has 2 aromatic carbocycles. The van der Waals surface area contributed by atoms with Gasteiger partial charge in [-0.2, -0.15) is 18.2 Å². The molecule has 4 heterocycles. The van der Waals surface area contributed by atoms with Crippen LogP contribution >= 0.6 is 22.9 Å². The Morgan fingerprint density at radius 1 is 1.12 bits per heavy atom. The Balaban J connectivity index is 1.50. The van der Waals surface area contributed by atoms with E-state index in [-0.39, 0.29) is 21.9 Å². The monoisotopic (exact) mass is 630 g/mol. The van der Waals surface area contributed by atoms with E-state index in [1.165, 1.54) is 0 Å². The highest BCUT2D eigenvalue weighted by Crippen LogP contribution is 2.34. The molecule has 5 aromatic rings. The minimum absolute atomic E-state index is 0.0985. The number of esters is 1. The number of carbonyl (C=O) groups is 1. The molecule has 14 heteroatoms. The molecule has 0 spiro atoms. The van der Waals surface area contributed by atoms with Crippen molar-refractivity contribution in [2.75, 3.05) is 25.5 Å². The lowest BCUT2D eigenvalue weighted by Gasteiger charge is -2.25. The van der Waals surface area contributed by atoms with Gasteiger partial charge in [0.05, 0.1) is 22.2 Å². The molecule has 1 atom stereocenters. The Labute approximate surface area is 252 Å². The zero-order chi connectivity index (χ0) is 30.5. The maximum absolute atomic E-state index is 13.9. The second kappa shape index (κ2) is 11.3. The average Bonchev–Trinajstić information content (AvgIpc) is 3.55. The summed E-state index contributed by atoms with van der Waals surface area (Å²) >= 11 is 7.12. The van der Waals surface area contributed by atoms with Crippen molar-refractivity contribution in [1.82, 2.24) is 24.4 Å². The molecule has 1 N–H and O–H groups in total. The summed E-state index contributed by atoms with van der Waals surface area (Å²) in [4.78, 5) is 37.3. The Bertz CT molecular complexity index is 1890. The number of anilines is 1. The number of hydrogen-bond donors (Lipinski definition) is 1. The molecule has 0 amide bonds. The number of rotatable bonds is 6. The van der Waals surface area contributed by atoms with Crippen LogP contribution in [0.1, 0.15) is 19.3 Å². The van der Waals surface area contributed by atoms with E-state index in [0.29, 0.717) is 27.9 Å². The highest BCUT2D eigenvalue weighted by Gasteiger charge is 2.42. The number of imidazole rings is 1. The van der Waals surface area contributed by atoms with Gasteiger partial charge >= 0.3 is 18.2 Å². The van der Waals surface area contributed by atoms with Gasteiger partial charge in [-0.3, -0.25) is 4.79 Å². The molecule has 1 aliphatic rings. The van der Waals surface area contributed by atoms with Crippen molar-refractivity contribution in [1.29, 1.82) is 0 Å². The smallest absolute Gasteiger partial charge is 0.385 e. The largest absolute Gasteiger partial charge is 0.491 e. The van der Waals surface area contributed by atoms with Gasteiger partial charge in [0.2, 0.25) is 5.95 Å². The second-order valence-corrected chi connectivity index (χ2v) is 12.0. The van der Waals surface area contributed by atoms with Crippen LogP contribution in [0.4, 0.5) is 19.1 Å². The van der Waals surface area contributed by atoms with E-state index in [1.54, 1.807) is 48.5 Å². The van der Waals surface area contributed by atoms with Gasteiger partial charge in [0, 0.05) is 36.6 Å². The standard InChI is InChI=1S/C29H26ClF3N6O3S/c1-37(2)27-35-20-13-19(10-11-22(20)38(27)15-18-5-3-4-12-34-18)39-25(40)24-21(36-28(39)42-26(41)29(31,32)33)14-23(43-24)16-6-8-17(30)9-7-16/h6-11,13-14,18,34H,3-5,12,15H2,1-2H3. The first kappa shape index (κ1) is 29.1. The van der Waals surface area contributed by atoms with E-state index in [0.717, 1.165) is 52.8 Å². The first-order valence-corrected chi connectivity index (χ1v) is 14.7. The Morgan fingerprint density at radius 2 is 1.88 bits per heavy atom. The van der Waals surface area contributed by atoms with Crippen molar-refractivity contribution in [2.45, 2.75) is 38.0 Å². The summed E-state index contributed by atoms with van der Waals surface area (Å²) in [6.07, 6.45) is -2.01. The van der Waals surface area contributed by atoms with E-state index in [4.69, 9.17) is 21.3 Å². The maximum atomic E-state index is 13.9. The van der Waals surface area contributed by atoms with E-state index in [9.17, 15) is 22.8 Å². The lowest BCUT2D eigenvalue weighted by molar-refractivity contribution is -0.190. The molecule has 1 aliphatic heterocycles. The van der Waals surface area contributed by atoms with E-state index < -0.39 is 23.7 Å². The predicted molar refractivity (Wildman–Crippen MR) is 161 cm³/mol. The van der Waals surface area contributed by atoms with Gasteiger partial charge in [-0.15, -0.1) is 11.3 Å². The summed E-state index contributed by atoms with van der Waals surface area (Å²) in [5, 5.41) is 4.06. The van der Waals surface area contributed by atoms with Crippen LogP contribution in [0.2, 0.25) is 5.02 Å². The molecule has 224 valence electrons. The highest BCUT2D eigenvalue weighted by atomic mass is 35.5. The zero-order valence-electron chi connectivity index (χ0n) is 23.1. The number of ether oxygens (including phenoxy) is 1. The number of halogens is 4. The third-order valence-electron chi connectivity index (χ3n) is 7.25. The molecule has 0 radical (unpaired) electrons. The number of piperidine rings is 1. The van der Waals surface area contributed by atoms with Crippen molar-refractivity contribution in [2.24, 2.45) is 0 Å². The van der Waals surface area contributed by atoms with Crippen LogP contribution in [-0.4, -0.2) is 57.9 Å². The molecule has 0 aliphatic carbocycles. The Kier molecular flexibility index (Phi) is 7.65. The topological polar surface area (TPSA) is 94.3 Å². The molecule has 9 nitrogen and oxygen atoms in total. The molecular weight excluding hydrogens is 605 g/mol. The van der Waals surface area contributed by atoms with Gasteiger partial charge in [0.1, 0.15) is 4.70 Å². The van der Waals surface area contributed by atoms with Gasteiger partial charge < -0.3 is 19.5 Å². The summed E-state index contributed by atoms with van der Waals surface area (Å²) in [5.74, 6) is -1.80. The fraction of sp³-hybridized carbons (Fsp3) is 0.310. The predicted octanol–water partition coefficient (Wildman–Crippen LogP) is 5.79. The minimum Gasteiger partial charge on any atom is -0.385 e. The first-order chi connectivity index (χ1) is 20.5. The summed E-state index contributed by atoms with van der Waals surface area (Å²) in [5.41, 5.74) is 1.62. The van der Waals surface area contributed by atoms with Crippen LogP contribution in [0.3, 0.4) is 0 Å². The molecular formula is C29H26ClF3N6O3S. The van der Waals surface area contributed by atoms with E-state index in [2.05, 4.69) is 14.9 Å². The number of nitrogens with zero attached hydrogens (tertiary/aromatic N) is 5. The third-order valence-corrected chi connectivity index (χ3v) is 8.66. The Hall–Kier alpha value is -3.94. The van der Waals surface area contributed by atoms with Crippen LogP contribution in [-0.2, 0) is 11.3 Å². The lowest BCUT2D eigenvalue weighted by atomic mass is 10.1. The Morgan fingerprint density at radius 3 is 2.56 bits per heavy atom. The molecule has 1 unspecified atom stereocenters. The molecule has 0 bridgehead atoms. The van der Waals surface area contributed by atoms with Crippen LogP contribution in [0.25, 0.3) is 37.4 Å². The molecule has 1 fully saturated rings. The van der Waals surface area contributed by atoms with Gasteiger partial charge in [0.25, 0.3) is 5.56 Å². The number of thiophene rings is 1. The molecule has 6 rings (SSSR count). The van der Waals surface area contributed by atoms with Crippen molar-refractivity contribution in [3.05, 3.63) is 63.9 Å². The average molecular weight is 631 g/mol. The molecule has 0 saturated carbocycles. The number of aromatic nitrogens is 4. The van der Waals surface area contributed by atoms with Crippen molar-refractivity contribution in [3.8, 4) is 22.1 Å². The van der Waals surface area contributed by atoms with Crippen molar-refractivity contribution < 1.29 is 22.7 Å². The highest BCUT2D eigenvalue weighted by molar-refractivity contribution is 7.22. The van der Waals surface area contributed by atoms with Crippen LogP contribution in [0.5, 0.6) is 6.01 Å². The zero-order valence-corrected chi connectivity index (χ0v) is 24.7. The number of carbonyl (C=O) groups excluding carboxylic acids is 1. The van der Waals surface area contributed by atoms with Crippen LogP contribution in [0.15, 0.2) is 53.3 Å². The van der Waals surface area contributed by atoms with Gasteiger partial charge in [-0.25, -0.2) is 14.3 Å². The van der Waals surface area contributed by atoms with E-state index >= 15 is 0 Å². The van der Waals surface area contributed by atoms with Crippen LogP contribution in [0, 0.1) is 0 Å². The number of fused-ring (bicyclic) bond motifs is 2. The minimum atomic E-state index is -5.29. The maximum Gasteiger partial charge on any atom is 0.491 e. The SMILES string of the molecule is CN(C)c1nc2cc(-n3c(OC(=O)C(F)(F)F)nc4cc(-c5ccc(Cl)cc5)sc4c3=O)ccc2n1CC1CCCCN1. The van der Waals surface area contributed by atoms with E-state index in [1.807, 2.05) is 19.0 Å². The number of nitrogens with one attached hydrogen (secondary N) is 1. The molecule has 1 saturated heterocycles. The number of alkyl halides is 3. The third kappa shape index (κ3) is 5.71. The van der Waals surface area contributed by atoms with Gasteiger partial charge in [-0.1, -0.05) is 30.2 Å². The summed E-state index contributed by atoms with van der Waals surface area (Å²) in [7, 11) is 3.75. The summed E-state index contributed by atoms with van der Waals surface area (Å²) in [6, 6.07) is 12.8. The number of benzene rings is 2. The van der Waals surface area contributed by atoms with Crippen LogP contribution < -0.4 is 20.5 Å². The summed E-state index contributed by atoms with van der Waals surface area (Å²) in [6.45, 7) is 1.62. The fourth-order valence-corrected chi connectivity index (χ4v) is 6.38. The number of hydrogen-bond acceptors (Lipinski definition) is 8. The van der Waals surface area contributed by atoms with Gasteiger partial charge in [0.15, 0.2) is 0 Å². The fourth-order valence-electron chi connectivity index (χ4n) is 5.22. The van der Waals surface area contributed by atoms with Crippen molar-refractivity contribution >= 4 is 56.1 Å². The normalized spacial score (nSPS) is 15.7. The van der Waals surface area contributed by atoms with Gasteiger partial charge in [-0.05, 0) is 61.3 Å². The lowest BCUT2D eigenvalue weighted by Crippen LogP contribution is -2.37. The summed E-state index contributed by atoms with van der Waals surface area (Å²) < 4.78 is 47.6. The molecule has 43 heavy (non-hydrogen) atoms. The molecule has 3 aromatic heterocycles.